The lowest BCUT2D eigenvalue weighted by Gasteiger charge is -2.32. The molecule has 3 N–H and O–H groups in total. The van der Waals surface area contributed by atoms with Gasteiger partial charge in [0, 0.05) is 12.6 Å². The Balaban J connectivity index is 1.79. The minimum Gasteiger partial charge on any atom is -0.352 e. The summed E-state index contributed by atoms with van der Waals surface area (Å²) in [6.45, 7) is 1.11. The summed E-state index contributed by atoms with van der Waals surface area (Å²) in [5.41, 5.74) is 3.59. The van der Waals surface area contributed by atoms with Crippen LogP contribution in [-0.4, -0.2) is 22.6 Å². The predicted octanol–water partition coefficient (Wildman–Crippen LogP) is 2.75. The largest absolute Gasteiger partial charge is 0.352 e. The molecule has 2 unspecified atom stereocenters. The van der Waals surface area contributed by atoms with E-state index in [-0.39, 0.29) is 0 Å². The Hall–Kier alpha value is -1.40. The molecule has 4 rings (SSSR count). The first-order chi connectivity index (χ1) is 9.86. The molecule has 2 aromatic heterocycles. The van der Waals surface area contributed by atoms with Crippen LogP contribution >= 0.6 is 11.3 Å². The van der Waals surface area contributed by atoms with Crippen molar-refractivity contribution in [3.8, 4) is 0 Å². The van der Waals surface area contributed by atoms with Crippen molar-refractivity contribution in [2.24, 2.45) is 11.8 Å². The second kappa shape index (κ2) is 4.86. The van der Waals surface area contributed by atoms with E-state index in [4.69, 9.17) is 5.84 Å². The summed E-state index contributed by atoms with van der Waals surface area (Å²) in [5, 5.41) is 2.08. The Morgan fingerprint density at radius 3 is 3.05 bits per heavy atom. The molecule has 2 fully saturated rings. The molecule has 0 amide bonds. The van der Waals surface area contributed by atoms with Crippen LogP contribution in [0.3, 0.4) is 0 Å². The van der Waals surface area contributed by atoms with Gasteiger partial charge in [-0.25, -0.2) is 10.8 Å². The summed E-state index contributed by atoms with van der Waals surface area (Å²) in [6.07, 6.45) is 6.71. The monoisotopic (exact) mass is 289 g/mol. The number of nitrogens with one attached hydrogen (secondary N) is 1. The fraction of sp³-hybridized carbons (Fsp3) is 0.571. The molecule has 2 aliphatic rings. The number of aromatic nitrogens is 2. The summed E-state index contributed by atoms with van der Waals surface area (Å²) in [6, 6.07) is 2.70. The molecule has 0 radical (unpaired) electrons. The van der Waals surface area contributed by atoms with E-state index in [0.29, 0.717) is 12.0 Å². The van der Waals surface area contributed by atoms with E-state index in [1.165, 1.54) is 36.8 Å². The quantitative estimate of drug-likeness (QED) is 0.657. The van der Waals surface area contributed by atoms with Gasteiger partial charge in [-0.3, -0.25) is 5.43 Å². The molecule has 1 saturated carbocycles. The van der Waals surface area contributed by atoms with Gasteiger partial charge in [-0.05, 0) is 36.6 Å². The Morgan fingerprint density at radius 1 is 1.25 bits per heavy atom. The third kappa shape index (κ3) is 1.86. The standard InChI is InChI=1S/C14H19N5S/c15-18-14-16-10-6-8-20-12(10)13(17-14)19-7-5-9-3-1-2-4-11(9)19/h6,8-9,11H,1-5,7,15H2,(H,16,17,18). The fourth-order valence-corrected chi connectivity index (χ4v) is 4.61. The van der Waals surface area contributed by atoms with Gasteiger partial charge >= 0.3 is 0 Å². The Labute approximate surface area is 122 Å². The minimum atomic E-state index is 0.519. The lowest BCUT2D eigenvalue weighted by atomic mass is 9.85. The molecule has 2 aromatic rings. The zero-order chi connectivity index (χ0) is 13.5. The van der Waals surface area contributed by atoms with Crippen LogP contribution < -0.4 is 16.2 Å². The Morgan fingerprint density at radius 2 is 2.15 bits per heavy atom. The highest BCUT2D eigenvalue weighted by atomic mass is 32.1. The third-order valence-electron chi connectivity index (χ3n) is 4.70. The van der Waals surface area contributed by atoms with Gasteiger partial charge in [0.1, 0.15) is 0 Å². The Kier molecular flexibility index (Phi) is 3.00. The van der Waals surface area contributed by atoms with E-state index < -0.39 is 0 Å². The highest BCUT2D eigenvalue weighted by Gasteiger charge is 2.37. The van der Waals surface area contributed by atoms with Crippen LogP contribution in [0.15, 0.2) is 11.4 Å². The molecular weight excluding hydrogens is 270 g/mol. The van der Waals surface area contributed by atoms with E-state index in [1.807, 2.05) is 6.07 Å². The first kappa shape index (κ1) is 12.3. The molecule has 0 spiro atoms. The van der Waals surface area contributed by atoms with E-state index in [0.717, 1.165) is 23.8 Å². The van der Waals surface area contributed by atoms with Crippen molar-refractivity contribution in [3.63, 3.8) is 0 Å². The summed E-state index contributed by atoms with van der Waals surface area (Å²) in [5.74, 6) is 7.96. The first-order valence-corrected chi connectivity index (χ1v) is 8.23. The van der Waals surface area contributed by atoms with Gasteiger partial charge < -0.3 is 4.90 Å². The number of rotatable bonds is 2. The molecule has 1 aliphatic heterocycles. The molecule has 0 aromatic carbocycles. The molecule has 1 aliphatic carbocycles. The van der Waals surface area contributed by atoms with Crippen molar-refractivity contribution in [1.82, 2.24) is 9.97 Å². The first-order valence-electron chi connectivity index (χ1n) is 7.35. The lowest BCUT2D eigenvalue weighted by molar-refractivity contribution is 0.342. The number of fused-ring (bicyclic) bond motifs is 2. The molecule has 3 heterocycles. The Bertz CT molecular complexity index is 625. The van der Waals surface area contributed by atoms with Crippen LogP contribution in [0.5, 0.6) is 0 Å². The van der Waals surface area contributed by atoms with Crippen LogP contribution in [0, 0.1) is 5.92 Å². The third-order valence-corrected chi connectivity index (χ3v) is 5.60. The number of nitrogen functional groups attached to an aromatic ring is 1. The van der Waals surface area contributed by atoms with E-state index in [9.17, 15) is 0 Å². The van der Waals surface area contributed by atoms with Gasteiger partial charge in [-0.15, -0.1) is 11.3 Å². The van der Waals surface area contributed by atoms with Crippen molar-refractivity contribution in [1.29, 1.82) is 0 Å². The number of nitrogens with zero attached hydrogens (tertiary/aromatic N) is 3. The van der Waals surface area contributed by atoms with Crippen molar-refractivity contribution in [3.05, 3.63) is 11.4 Å². The van der Waals surface area contributed by atoms with Crippen molar-refractivity contribution in [2.75, 3.05) is 16.9 Å². The SMILES string of the molecule is NNc1nc(N2CCC3CCCCC32)c2sccc2n1. The van der Waals surface area contributed by atoms with Gasteiger partial charge in [0.05, 0.1) is 10.2 Å². The zero-order valence-electron chi connectivity index (χ0n) is 11.4. The highest BCUT2D eigenvalue weighted by Crippen LogP contribution is 2.41. The van der Waals surface area contributed by atoms with Crippen LogP contribution in [0.1, 0.15) is 32.1 Å². The molecule has 0 bridgehead atoms. The van der Waals surface area contributed by atoms with Crippen molar-refractivity contribution < 1.29 is 0 Å². The maximum absolute atomic E-state index is 5.52. The van der Waals surface area contributed by atoms with Gasteiger partial charge in [-0.1, -0.05) is 12.8 Å². The van der Waals surface area contributed by atoms with Gasteiger partial charge in [-0.2, -0.15) is 4.98 Å². The van der Waals surface area contributed by atoms with E-state index in [2.05, 4.69) is 25.7 Å². The molecule has 2 atom stereocenters. The average Bonchev–Trinajstić information content (AvgIpc) is 3.12. The molecule has 6 heteroatoms. The predicted molar refractivity (Wildman–Crippen MR) is 82.9 cm³/mol. The van der Waals surface area contributed by atoms with Gasteiger partial charge in [0.2, 0.25) is 5.95 Å². The van der Waals surface area contributed by atoms with Crippen molar-refractivity contribution >= 4 is 33.3 Å². The van der Waals surface area contributed by atoms with Crippen LogP contribution in [0.25, 0.3) is 10.2 Å². The molecule has 106 valence electrons. The minimum absolute atomic E-state index is 0.519. The van der Waals surface area contributed by atoms with Crippen LogP contribution in [0.4, 0.5) is 11.8 Å². The normalized spacial score (nSPS) is 25.9. The van der Waals surface area contributed by atoms with Crippen LogP contribution in [0.2, 0.25) is 0 Å². The maximum Gasteiger partial charge on any atom is 0.239 e. The van der Waals surface area contributed by atoms with Gasteiger partial charge in [0.15, 0.2) is 5.82 Å². The summed E-state index contributed by atoms with van der Waals surface area (Å²) < 4.78 is 1.19. The van der Waals surface area contributed by atoms with E-state index >= 15 is 0 Å². The maximum atomic E-state index is 5.52. The van der Waals surface area contributed by atoms with Gasteiger partial charge in [0.25, 0.3) is 0 Å². The lowest BCUT2D eigenvalue weighted by Crippen LogP contribution is -2.35. The molecule has 1 saturated heterocycles. The fourth-order valence-electron chi connectivity index (χ4n) is 3.78. The molecule has 5 nitrogen and oxygen atoms in total. The average molecular weight is 289 g/mol. The summed E-state index contributed by atoms with van der Waals surface area (Å²) >= 11 is 1.72. The number of hydrazine groups is 1. The number of hydrogen-bond acceptors (Lipinski definition) is 6. The smallest absolute Gasteiger partial charge is 0.239 e. The van der Waals surface area contributed by atoms with Crippen molar-refractivity contribution in [2.45, 2.75) is 38.1 Å². The van der Waals surface area contributed by atoms with E-state index in [1.54, 1.807) is 11.3 Å². The second-order valence-electron chi connectivity index (χ2n) is 5.74. The molecule has 20 heavy (non-hydrogen) atoms. The molecular formula is C14H19N5S. The summed E-state index contributed by atoms with van der Waals surface area (Å²) in [4.78, 5) is 11.6. The number of hydrogen-bond donors (Lipinski definition) is 2. The topological polar surface area (TPSA) is 67.1 Å². The second-order valence-corrected chi connectivity index (χ2v) is 6.66. The number of nitrogens with two attached hydrogens (primary N) is 1. The zero-order valence-corrected chi connectivity index (χ0v) is 12.2. The van der Waals surface area contributed by atoms with Crippen LogP contribution in [-0.2, 0) is 0 Å². The number of anilines is 2. The summed E-state index contributed by atoms with van der Waals surface area (Å²) in [7, 11) is 0. The highest BCUT2D eigenvalue weighted by molar-refractivity contribution is 7.17. The number of thiophene rings is 1.